The molecule has 7 aromatic carbocycles. The van der Waals surface area contributed by atoms with E-state index in [4.69, 9.17) is 4.42 Å². The zero-order valence-corrected chi connectivity index (χ0v) is 31.9. The minimum Gasteiger partial charge on any atom is -0.455 e. The van der Waals surface area contributed by atoms with Gasteiger partial charge >= 0.3 is 0 Å². The summed E-state index contributed by atoms with van der Waals surface area (Å²) < 4.78 is 6.82. The molecular formula is C54H44O. The Balaban J connectivity index is 0.994. The van der Waals surface area contributed by atoms with Crippen molar-refractivity contribution in [3.63, 3.8) is 0 Å². The van der Waals surface area contributed by atoms with Gasteiger partial charge in [0.1, 0.15) is 11.5 Å². The monoisotopic (exact) mass is 708 g/mol. The molecule has 0 bridgehead atoms. The van der Waals surface area contributed by atoms with Gasteiger partial charge in [-0.3, -0.25) is 0 Å². The van der Waals surface area contributed by atoms with E-state index in [1.807, 2.05) is 0 Å². The highest BCUT2D eigenvalue weighted by Gasteiger charge is 2.43. The third-order valence-corrected chi connectivity index (χ3v) is 12.5. The quantitative estimate of drug-likeness (QED) is 0.161. The summed E-state index contributed by atoms with van der Waals surface area (Å²) in [5, 5.41) is 0. The molecule has 0 saturated carbocycles. The van der Waals surface area contributed by atoms with Crippen LogP contribution < -0.4 is 0 Å². The van der Waals surface area contributed by atoms with Gasteiger partial charge in [-0.15, -0.1) is 0 Å². The topological polar surface area (TPSA) is 13.1 Å². The van der Waals surface area contributed by atoms with Crippen molar-refractivity contribution in [2.24, 2.45) is 0 Å². The maximum Gasteiger partial charge on any atom is 0.142 e. The van der Waals surface area contributed by atoms with Gasteiger partial charge in [0.15, 0.2) is 0 Å². The molecule has 1 nitrogen and oxygen atoms in total. The van der Waals surface area contributed by atoms with E-state index in [-0.39, 0.29) is 16.7 Å². The van der Waals surface area contributed by atoms with Gasteiger partial charge in [0.2, 0.25) is 0 Å². The van der Waals surface area contributed by atoms with Crippen LogP contribution in [-0.4, -0.2) is 0 Å². The Morgan fingerprint density at radius 1 is 0.418 bits per heavy atom. The highest BCUT2D eigenvalue weighted by molar-refractivity contribution is 5.96. The second-order valence-electron chi connectivity index (χ2n) is 16.5. The van der Waals surface area contributed by atoms with Gasteiger partial charge in [-0.25, -0.2) is 0 Å². The molecule has 0 spiro atoms. The lowest BCUT2D eigenvalue weighted by Gasteiger charge is -2.24. The Morgan fingerprint density at radius 2 is 0.982 bits per heavy atom. The molecule has 8 aromatic rings. The predicted molar refractivity (Wildman–Crippen MR) is 229 cm³/mol. The van der Waals surface area contributed by atoms with Gasteiger partial charge in [0.05, 0.1) is 0 Å². The van der Waals surface area contributed by atoms with E-state index in [2.05, 4.69) is 204 Å². The number of furan rings is 1. The van der Waals surface area contributed by atoms with Gasteiger partial charge in [-0.2, -0.15) is 0 Å². The van der Waals surface area contributed by atoms with Crippen LogP contribution in [0.3, 0.4) is 0 Å². The van der Waals surface area contributed by atoms with E-state index < -0.39 is 0 Å². The molecule has 0 N–H and O–H groups in total. The van der Waals surface area contributed by atoms with Gasteiger partial charge < -0.3 is 4.42 Å². The first kappa shape index (κ1) is 33.4. The molecule has 1 heteroatoms. The van der Waals surface area contributed by atoms with E-state index in [0.717, 1.165) is 29.1 Å². The second kappa shape index (κ2) is 12.7. The van der Waals surface area contributed by atoms with Crippen LogP contribution >= 0.6 is 0 Å². The van der Waals surface area contributed by atoms with Crippen molar-refractivity contribution in [1.82, 2.24) is 0 Å². The van der Waals surface area contributed by atoms with Crippen molar-refractivity contribution in [3.05, 3.63) is 215 Å². The van der Waals surface area contributed by atoms with Crippen LogP contribution in [0.15, 0.2) is 180 Å². The molecule has 0 radical (unpaired) electrons. The van der Waals surface area contributed by atoms with Crippen LogP contribution in [0.1, 0.15) is 72.6 Å². The van der Waals surface area contributed by atoms with Crippen molar-refractivity contribution in [3.8, 4) is 56.0 Å². The third kappa shape index (κ3) is 5.36. The summed E-state index contributed by atoms with van der Waals surface area (Å²) in [6.07, 6.45) is 0.931. The highest BCUT2D eigenvalue weighted by atomic mass is 16.3. The average molecular weight is 709 g/mol. The van der Waals surface area contributed by atoms with Crippen LogP contribution in [0.4, 0.5) is 0 Å². The van der Waals surface area contributed by atoms with Crippen molar-refractivity contribution >= 4 is 0 Å². The SMILES string of the molecule is CC1(C)c2ccccc2-c2ccc(C(Cc3ccc(-c4ccc5c(c4)C(C)(C)c4c(-c6ccccc6)oc(-c6ccccc6)c4-5)cc3)c3ccccc3)cc21. The molecular weight excluding hydrogens is 665 g/mol. The third-order valence-electron chi connectivity index (χ3n) is 12.5. The average Bonchev–Trinajstić information content (AvgIpc) is 3.82. The summed E-state index contributed by atoms with van der Waals surface area (Å²) >= 11 is 0. The molecule has 1 heterocycles. The minimum atomic E-state index is -0.239. The first-order chi connectivity index (χ1) is 26.8. The first-order valence-electron chi connectivity index (χ1n) is 19.6. The molecule has 10 rings (SSSR count). The number of hydrogen-bond donors (Lipinski definition) is 0. The number of rotatable bonds is 7. The Kier molecular flexibility index (Phi) is 7.72. The smallest absolute Gasteiger partial charge is 0.142 e. The fourth-order valence-corrected chi connectivity index (χ4v) is 9.58. The molecule has 2 aliphatic carbocycles. The Morgan fingerprint density at radius 3 is 1.69 bits per heavy atom. The summed E-state index contributed by atoms with van der Waals surface area (Å²) in [6, 6.07) is 64.6. The molecule has 0 aliphatic heterocycles. The summed E-state index contributed by atoms with van der Waals surface area (Å²) in [6.45, 7) is 9.44. The standard InChI is InChI=1S/C54H44O/c1-53(2)46-23-15-14-22-42(46)43-30-29-41(34-47(43)53)45(37-16-8-5-9-17-37)32-35-24-26-36(27-25-35)40-28-31-44-48(33-40)54(3,4)50-49(44)51(38-18-10-6-11-19-38)55-52(50)39-20-12-7-13-21-39/h5-31,33-34,45H,32H2,1-4H3. The number of benzene rings is 7. The number of hydrogen-bond acceptors (Lipinski definition) is 1. The van der Waals surface area contributed by atoms with Gasteiger partial charge in [-0.1, -0.05) is 198 Å². The molecule has 1 atom stereocenters. The highest BCUT2D eigenvalue weighted by Crippen LogP contribution is 2.58. The summed E-state index contributed by atoms with van der Waals surface area (Å²) in [7, 11) is 0. The minimum absolute atomic E-state index is 0.0275. The molecule has 1 aromatic heterocycles. The van der Waals surface area contributed by atoms with Crippen LogP contribution in [0.25, 0.3) is 56.0 Å². The van der Waals surface area contributed by atoms with Crippen LogP contribution in [0.2, 0.25) is 0 Å². The molecule has 1 unspecified atom stereocenters. The normalized spacial score (nSPS) is 14.8. The largest absolute Gasteiger partial charge is 0.455 e. The zero-order chi connectivity index (χ0) is 37.3. The lowest BCUT2D eigenvalue weighted by atomic mass is 9.79. The van der Waals surface area contributed by atoms with Gasteiger partial charge in [0, 0.05) is 39.0 Å². The summed E-state index contributed by atoms with van der Waals surface area (Å²) in [5.41, 5.74) is 19.2. The Hall–Kier alpha value is -6.18. The summed E-state index contributed by atoms with van der Waals surface area (Å²) in [5.74, 6) is 2.16. The summed E-state index contributed by atoms with van der Waals surface area (Å²) in [4.78, 5) is 0. The second-order valence-corrected chi connectivity index (χ2v) is 16.5. The van der Waals surface area contributed by atoms with E-state index in [9.17, 15) is 0 Å². The van der Waals surface area contributed by atoms with E-state index in [0.29, 0.717) is 0 Å². The predicted octanol–water partition coefficient (Wildman–Crippen LogP) is 14.3. The van der Waals surface area contributed by atoms with Crippen LogP contribution in [0.5, 0.6) is 0 Å². The maximum atomic E-state index is 6.82. The molecule has 0 amide bonds. The first-order valence-corrected chi connectivity index (χ1v) is 19.6. The Labute approximate surface area is 325 Å². The lowest BCUT2D eigenvalue weighted by molar-refractivity contribution is 0.575. The van der Waals surface area contributed by atoms with Crippen molar-refractivity contribution < 1.29 is 4.42 Å². The number of fused-ring (bicyclic) bond motifs is 6. The van der Waals surface area contributed by atoms with E-state index in [1.165, 1.54) is 72.3 Å². The van der Waals surface area contributed by atoms with Crippen molar-refractivity contribution in [1.29, 1.82) is 0 Å². The van der Waals surface area contributed by atoms with E-state index in [1.54, 1.807) is 0 Å². The molecule has 266 valence electrons. The van der Waals surface area contributed by atoms with E-state index >= 15 is 0 Å². The fraction of sp³-hybridized carbons (Fsp3) is 0.148. The van der Waals surface area contributed by atoms with Crippen molar-refractivity contribution in [2.75, 3.05) is 0 Å². The molecule has 2 aliphatic rings. The molecule has 55 heavy (non-hydrogen) atoms. The van der Waals surface area contributed by atoms with Gasteiger partial charge in [0.25, 0.3) is 0 Å². The molecule has 0 saturated heterocycles. The van der Waals surface area contributed by atoms with Crippen LogP contribution in [-0.2, 0) is 17.3 Å². The van der Waals surface area contributed by atoms with Crippen molar-refractivity contribution in [2.45, 2.75) is 50.9 Å². The molecule has 0 fully saturated rings. The Bertz CT molecular complexity index is 2690. The zero-order valence-electron chi connectivity index (χ0n) is 31.9. The maximum absolute atomic E-state index is 6.82. The fourth-order valence-electron chi connectivity index (χ4n) is 9.58. The van der Waals surface area contributed by atoms with Gasteiger partial charge in [-0.05, 0) is 73.7 Å². The van der Waals surface area contributed by atoms with Crippen LogP contribution in [0, 0.1) is 0 Å². The lowest BCUT2D eigenvalue weighted by Crippen LogP contribution is -2.16.